The first-order chi connectivity index (χ1) is 12.3. The number of thiophene rings is 1. The van der Waals surface area contributed by atoms with Gasteiger partial charge in [0.05, 0.1) is 4.88 Å². The molecule has 2 heterocycles. The minimum absolute atomic E-state index is 0.211. The summed E-state index contributed by atoms with van der Waals surface area (Å²) in [4.78, 5) is 4.44. The van der Waals surface area contributed by atoms with Crippen molar-refractivity contribution in [1.82, 2.24) is 4.90 Å². The predicted molar refractivity (Wildman–Crippen MR) is 117 cm³/mol. The van der Waals surface area contributed by atoms with E-state index in [1.54, 1.807) is 25.2 Å². The number of nitrogens with zero attached hydrogens (tertiary/aromatic N) is 1. The molecule has 0 unspecified atom stereocenters. The molecule has 1 aromatic carbocycles. The summed E-state index contributed by atoms with van der Waals surface area (Å²) in [6.07, 6.45) is 0. The third kappa shape index (κ3) is 5.01. The van der Waals surface area contributed by atoms with E-state index in [1.807, 2.05) is 17.8 Å². The average molecular weight is 403 g/mol. The van der Waals surface area contributed by atoms with Crippen LogP contribution in [0.1, 0.15) is 34.5 Å². The van der Waals surface area contributed by atoms with Crippen LogP contribution in [0.2, 0.25) is 0 Å². The maximum Gasteiger partial charge on any atom is 0.174 e. The minimum atomic E-state index is -0.974. The van der Waals surface area contributed by atoms with Gasteiger partial charge in [0.15, 0.2) is 5.11 Å². The highest BCUT2D eigenvalue weighted by Crippen LogP contribution is 2.41. The maximum absolute atomic E-state index is 9.76. The molecule has 3 nitrogen and oxygen atoms in total. The molecule has 1 fully saturated rings. The van der Waals surface area contributed by atoms with Crippen molar-refractivity contribution in [2.45, 2.75) is 31.7 Å². The Morgan fingerprint density at radius 1 is 1.27 bits per heavy atom. The number of benzene rings is 1. The highest BCUT2D eigenvalue weighted by molar-refractivity contribution is 7.99. The summed E-state index contributed by atoms with van der Waals surface area (Å²) in [6.45, 7) is 6.39. The zero-order valence-corrected chi connectivity index (χ0v) is 17.5. The molecular weight excluding hydrogens is 380 g/mol. The highest BCUT2D eigenvalue weighted by Gasteiger charge is 2.29. The first kappa shape index (κ1) is 19.2. The van der Waals surface area contributed by atoms with Gasteiger partial charge in [-0.3, -0.25) is 0 Å². The first-order valence-corrected chi connectivity index (χ1v) is 10.7. The van der Waals surface area contributed by atoms with Crippen molar-refractivity contribution in [2.75, 3.05) is 17.6 Å². The summed E-state index contributed by atoms with van der Waals surface area (Å²) in [5, 5.41) is 14.1. The highest BCUT2D eigenvalue weighted by atomic mass is 32.2. The van der Waals surface area contributed by atoms with E-state index in [9.17, 15) is 5.11 Å². The molecule has 0 bridgehead atoms. The molecule has 1 aliphatic rings. The Hall–Kier alpha value is -1.52. The molecule has 0 aliphatic carbocycles. The van der Waals surface area contributed by atoms with Crippen LogP contribution in [0.3, 0.4) is 0 Å². The lowest BCUT2D eigenvalue weighted by atomic mass is 10.1. The van der Waals surface area contributed by atoms with Crippen molar-refractivity contribution < 1.29 is 5.11 Å². The van der Waals surface area contributed by atoms with Crippen molar-refractivity contribution in [3.05, 3.63) is 51.7 Å². The van der Waals surface area contributed by atoms with Crippen LogP contribution < -0.4 is 5.32 Å². The van der Waals surface area contributed by atoms with E-state index >= 15 is 0 Å². The Balaban J connectivity index is 1.71. The average Bonchev–Trinajstić information content (AvgIpc) is 3.23. The van der Waals surface area contributed by atoms with Crippen molar-refractivity contribution in [3.8, 4) is 11.8 Å². The van der Waals surface area contributed by atoms with Gasteiger partial charge in [-0.1, -0.05) is 29.5 Å². The van der Waals surface area contributed by atoms with E-state index in [2.05, 4.69) is 59.3 Å². The molecule has 6 heteroatoms. The van der Waals surface area contributed by atoms with E-state index in [1.165, 1.54) is 10.4 Å². The van der Waals surface area contributed by atoms with Gasteiger partial charge in [0.25, 0.3) is 0 Å². The number of hydrogen-bond acceptors (Lipinski definition) is 4. The number of nitrogens with one attached hydrogen (secondary N) is 1. The topological polar surface area (TPSA) is 35.5 Å². The van der Waals surface area contributed by atoms with Crippen molar-refractivity contribution in [3.63, 3.8) is 0 Å². The zero-order valence-electron chi connectivity index (χ0n) is 15.1. The smallest absolute Gasteiger partial charge is 0.174 e. The van der Waals surface area contributed by atoms with Gasteiger partial charge in [-0.2, -0.15) is 0 Å². The Bertz CT molecular complexity index is 840. The van der Waals surface area contributed by atoms with Gasteiger partial charge in [0, 0.05) is 22.9 Å². The monoisotopic (exact) mass is 402 g/mol. The van der Waals surface area contributed by atoms with Crippen LogP contribution in [0, 0.1) is 18.8 Å². The number of rotatable bonds is 2. The second-order valence-electron chi connectivity index (χ2n) is 6.72. The normalized spacial score (nSPS) is 16.9. The fraction of sp³-hybridized carbons (Fsp3) is 0.350. The molecule has 0 saturated carbocycles. The third-order valence-electron chi connectivity index (χ3n) is 3.82. The van der Waals surface area contributed by atoms with Gasteiger partial charge in [-0.25, -0.2) is 0 Å². The molecular formula is C20H22N2OS3. The fourth-order valence-electron chi connectivity index (χ4n) is 2.51. The molecule has 0 amide bonds. The van der Waals surface area contributed by atoms with E-state index in [-0.39, 0.29) is 5.37 Å². The number of hydrogen-bond donors (Lipinski definition) is 2. The second kappa shape index (κ2) is 8.01. The Kier molecular flexibility index (Phi) is 5.93. The van der Waals surface area contributed by atoms with Gasteiger partial charge >= 0.3 is 0 Å². The quantitative estimate of drug-likeness (QED) is 0.566. The van der Waals surface area contributed by atoms with Crippen molar-refractivity contribution >= 4 is 46.1 Å². The van der Waals surface area contributed by atoms with E-state index < -0.39 is 5.60 Å². The predicted octanol–water partition coefficient (Wildman–Crippen LogP) is 4.62. The Morgan fingerprint density at radius 3 is 2.69 bits per heavy atom. The number of thioether (sulfide) groups is 1. The molecule has 1 aromatic heterocycles. The summed E-state index contributed by atoms with van der Waals surface area (Å²) in [6, 6.07) is 12.4. The summed E-state index contributed by atoms with van der Waals surface area (Å²) in [5.74, 6) is 6.98. The van der Waals surface area contributed by atoms with Crippen LogP contribution in [0.5, 0.6) is 0 Å². The molecule has 26 heavy (non-hydrogen) atoms. The van der Waals surface area contributed by atoms with E-state index in [0.29, 0.717) is 0 Å². The summed E-state index contributed by atoms with van der Waals surface area (Å²) < 4.78 is 0. The molecule has 1 saturated heterocycles. The Morgan fingerprint density at radius 2 is 2.00 bits per heavy atom. The lowest BCUT2D eigenvalue weighted by Crippen LogP contribution is -2.33. The molecule has 1 aliphatic heterocycles. The zero-order chi connectivity index (χ0) is 18.7. The molecule has 0 radical (unpaired) electrons. The fourth-order valence-corrected chi connectivity index (χ4v) is 5.26. The van der Waals surface area contributed by atoms with Crippen LogP contribution in [0.4, 0.5) is 5.69 Å². The van der Waals surface area contributed by atoms with Gasteiger partial charge in [-0.05, 0) is 57.3 Å². The van der Waals surface area contributed by atoms with E-state index in [0.717, 1.165) is 28.0 Å². The van der Waals surface area contributed by atoms with Crippen LogP contribution in [-0.2, 0) is 0 Å². The lowest BCUT2D eigenvalue weighted by Gasteiger charge is -2.26. The van der Waals surface area contributed by atoms with Gasteiger partial charge in [0.2, 0.25) is 0 Å². The minimum Gasteiger partial charge on any atom is -0.378 e. The number of aliphatic hydroxyl groups is 1. The van der Waals surface area contributed by atoms with E-state index in [4.69, 9.17) is 12.2 Å². The molecule has 2 aromatic rings. The maximum atomic E-state index is 9.76. The molecule has 0 spiro atoms. The summed E-state index contributed by atoms with van der Waals surface area (Å²) >= 11 is 9.22. The molecule has 3 rings (SSSR count). The molecule has 1 atom stereocenters. The SMILES string of the molecule is Cc1ccc(NC(=S)N2CCS[C@H]2c2ccc(C#CC(C)(C)O)s2)cc1. The van der Waals surface area contributed by atoms with Gasteiger partial charge in [0.1, 0.15) is 11.0 Å². The standard InChI is InChI=1S/C20H22N2OS3/c1-14-4-6-15(7-5-14)21-19(24)22-12-13-25-18(22)17-9-8-16(26-17)10-11-20(2,3)23/h4-9,18,23H,12-13H2,1-3H3,(H,21,24)/t18-/m0/s1. The van der Waals surface area contributed by atoms with Crippen molar-refractivity contribution in [1.29, 1.82) is 0 Å². The number of aryl methyl sites for hydroxylation is 1. The number of thiocarbonyl (C=S) groups is 1. The van der Waals surface area contributed by atoms with Crippen molar-refractivity contribution in [2.24, 2.45) is 0 Å². The first-order valence-electron chi connectivity index (χ1n) is 8.43. The van der Waals surface area contributed by atoms with Crippen LogP contribution in [0.25, 0.3) is 0 Å². The third-order valence-corrected chi connectivity index (χ3v) is 6.60. The summed E-state index contributed by atoms with van der Waals surface area (Å²) in [7, 11) is 0. The van der Waals surface area contributed by atoms with Crippen LogP contribution in [-0.4, -0.2) is 33.0 Å². The van der Waals surface area contributed by atoms with Gasteiger partial charge < -0.3 is 15.3 Å². The Labute approximate surface area is 168 Å². The molecule has 136 valence electrons. The second-order valence-corrected chi connectivity index (χ2v) is 9.41. The summed E-state index contributed by atoms with van der Waals surface area (Å²) in [5.41, 5.74) is 1.27. The van der Waals surface area contributed by atoms with Gasteiger partial charge in [-0.15, -0.1) is 23.1 Å². The molecule has 2 N–H and O–H groups in total. The van der Waals surface area contributed by atoms with Crippen LogP contribution >= 0.6 is 35.3 Å². The number of anilines is 1. The lowest BCUT2D eigenvalue weighted by molar-refractivity contribution is 0.143. The largest absolute Gasteiger partial charge is 0.378 e. The van der Waals surface area contributed by atoms with Crippen LogP contribution in [0.15, 0.2) is 36.4 Å².